The molecule has 0 aliphatic heterocycles. The van der Waals surface area contributed by atoms with E-state index in [1.54, 1.807) is 4.90 Å². The predicted molar refractivity (Wildman–Crippen MR) is 139 cm³/mol. The van der Waals surface area contributed by atoms with E-state index in [2.05, 4.69) is 0 Å². The molecule has 0 saturated carbocycles. The minimum absolute atomic E-state index is 0.0355. The zero-order chi connectivity index (χ0) is 26.2. The Labute approximate surface area is 211 Å². The molecular formula is C28H35N3O5. The van der Waals surface area contributed by atoms with Crippen molar-refractivity contribution in [2.45, 2.75) is 64.7 Å². The fraction of sp³-hybridized carbons (Fsp3) is 0.393. The molecule has 8 nitrogen and oxygen atoms in total. The van der Waals surface area contributed by atoms with Crippen molar-refractivity contribution in [3.63, 3.8) is 0 Å². The van der Waals surface area contributed by atoms with Gasteiger partial charge in [-0.1, -0.05) is 48.5 Å². The second-order valence-corrected chi connectivity index (χ2v) is 9.13. The predicted octanol–water partition coefficient (Wildman–Crippen LogP) is 4.32. The largest absolute Gasteiger partial charge is 0.481 e. The van der Waals surface area contributed by atoms with Crippen molar-refractivity contribution in [1.82, 2.24) is 9.55 Å². The molecule has 1 heterocycles. The van der Waals surface area contributed by atoms with Crippen LogP contribution in [0.1, 0.15) is 62.4 Å². The number of aliphatic hydroxyl groups is 2. The number of hydrogen-bond acceptors (Lipinski definition) is 5. The van der Waals surface area contributed by atoms with Gasteiger partial charge in [0.1, 0.15) is 0 Å². The van der Waals surface area contributed by atoms with Gasteiger partial charge in [0.15, 0.2) is 0 Å². The summed E-state index contributed by atoms with van der Waals surface area (Å²) in [5, 5.41) is 29.3. The number of rotatable bonds is 12. The van der Waals surface area contributed by atoms with Gasteiger partial charge in [-0.05, 0) is 52.2 Å². The SMILES string of the molecule is CCN(C(=O)c1nc(-c2ccccc2)c(CC[C@@H](O)C[C@@H](O)CC(=O)O)n1C(C)C)c1ccccc1. The number of imidazole rings is 1. The van der Waals surface area contributed by atoms with Gasteiger partial charge in [0.05, 0.1) is 24.3 Å². The van der Waals surface area contributed by atoms with E-state index in [0.717, 1.165) is 16.9 Å². The van der Waals surface area contributed by atoms with Gasteiger partial charge in [-0.25, -0.2) is 4.98 Å². The van der Waals surface area contributed by atoms with E-state index in [1.165, 1.54) is 0 Å². The molecule has 1 amide bonds. The molecule has 2 aromatic carbocycles. The highest BCUT2D eigenvalue weighted by atomic mass is 16.4. The first-order valence-corrected chi connectivity index (χ1v) is 12.3. The maximum atomic E-state index is 13.8. The maximum Gasteiger partial charge on any atom is 0.305 e. The number of hydrogen-bond donors (Lipinski definition) is 3. The fourth-order valence-electron chi connectivity index (χ4n) is 4.43. The zero-order valence-electron chi connectivity index (χ0n) is 21.0. The minimum atomic E-state index is -1.12. The molecule has 36 heavy (non-hydrogen) atoms. The molecule has 0 aliphatic rings. The number of para-hydroxylation sites is 1. The summed E-state index contributed by atoms with van der Waals surface area (Å²) in [6.07, 6.45) is -1.77. The van der Waals surface area contributed by atoms with E-state index < -0.39 is 24.6 Å². The van der Waals surface area contributed by atoms with E-state index >= 15 is 0 Å². The number of benzene rings is 2. The van der Waals surface area contributed by atoms with Crippen molar-refractivity contribution in [1.29, 1.82) is 0 Å². The third-order valence-corrected chi connectivity index (χ3v) is 6.06. The Kier molecular flexibility index (Phi) is 9.38. The van der Waals surface area contributed by atoms with E-state index in [4.69, 9.17) is 10.1 Å². The molecule has 0 unspecified atom stereocenters. The Morgan fingerprint density at radius 3 is 2.14 bits per heavy atom. The molecule has 1 aromatic heterocycles. The second kappa shape index (κ2) is 12.5. The second-order valence-electron chi connectivity index (χ2n) is 9.13. The molecule has 3 aromatic rings. The maximum absolute atomic E-state index is 13.8. The van der Waals surface area contributed by atoms with Gasteiger partial charge in [-0.2, -0.15) is 0 Å². The van der Waals surface area contributed by atoms with Gasteiger partial charge in [0, 0.05) is 29.5 Å². The summed E-state index contributed by atoms with van der Waals surface area (Å²) in [6, 6.07) is 19.0. The third kappa shape index (κ3) is 6.59. The summed E-state index contributed by atoms with van der Waals surface area (Å²) in [4.78, 5) is 31.2. The van der Waals surface area contributed by atoms with Crippen molar-refractivity contribution >= 4 is 17.6 Å². The van der Waals surface area contributed by atoms with Gasteiger partial charge >= 0.3 is 5.97 Å². The summed E-state index contributed by atoms with van der Waals surface area (Å²) in [5.74, 6) is -0.996. The first-order valence-electron chi connectivity index (χ1n) is 12.3. The van der Waals surface area contributed by atoms with Crippen molar-refractivity contribution < 1.29 is 24.9 Å². The van der Waals surface area contributed by atoms with Crippen LogP contribution in [-0.2, 0) is 11.2 Å². The zero-order valence-corrected chi connectivity index (χ0v) is 21.0. The van der Waals surface area contributed by atoms with Gasteiger partial charge in [-0.3, -0.25) is 9.59 Å². The Morgan fingerprint density at radius 1 is 0.972 bits per heavy atom. The molecule has 0 fully saturated rings. The molecule has 8 heteroatoms. The van der Waals surface area contributed by atoms with Crippen LogP contribution in [0, 0.1) is 0 Å². The first-order chi connectivity index (χ1) is 17.2. The van der Waals surface area contributed by atoms with Crippen molar-refractivity contribution in [3.05, 3.63) is 72.2 Å². The van der Waals surface area contributed by atoms with E-state index in [1.807, 2.05) is 86.0 Å². The molecule has 192 valence electrons. The lowest BCUT2D eigenvalue weighted by Gasteiger charge is -2.23. The van der Waals surface area contributed by atoms with Crippen LogP contribution in [0.15, 0.2) is 60.7 Å². The van der Waals surface area contributed by atoms with Gasteiger partial charge < -0.3 is 24.8 Å². The number of carboxylic acids is 1. The Bertz CT molecular complexity index is 1140. The van der Waals surface area contributed by atoms with Crippen LogP contribution < -0.4 is 4.90 Å². The molecule has 2 atom stereocenters. The first kappa shape index (κ1) is 27.1. The minimum Gasteiger partial charge on any atom is -0.481 e. The van der Waals surface area contributed by atoms with Crippen LogP contribution >= 0.6 is 0 Å². The van der Waals surface area contributed by atoms with Crippen molar-refractivity contribution in [2.75, 3.05) is 11.4 Å². The summed E-state index contributed by atoms with van der Waals surface area (Å²) in [5.41, 5.74) is 3.14. The van der Waals surface area contributed by atoms with E-state index in [9.17, 15) is 19.8 Å². The monoisotopic (exact) mass is 493 g/mol. The molecule has 3 rings (SSSR count). The molecule has 3 N–H and O–H groups in total. The Hall–Kier alpha value is -3.49. The Morgan fingerprint density at radius 2 is 1.58 bits per heavy atom. The number of carbonyl (C=O) groups is 2. The van der Waals surface area contributed by atoms with Crippen LogP contribution in [-0.4, -0.2) is 55.5 Å². The molecule has 0 saturated heterocycles. The van der Waals surface area contributed by atoms with E-state index in [0.29, 0.717) is 30.9 Å². The van der Waals surface area contributed by atoms with Crippen LogP contribution in [0.2, 0.25) is 0 Å². The summed E-state index contributed by atoms with van der Waals surface area (Å²) in [6.45, 7) is 6.38. The molecular weight excluding hydrogens is 458 g/mol. The average molecular weight is 494 g/mol. The van der Waals surface area contributed by atoms with Crippen molar-refractivity contribution in [3.8, 4) is 11.3 Å². The highest BCUT2D eigenvalue weighted by molar-refractivity contribution is 6.04. The van der Waals surface area contributed by atoms with Crippen LogP contribution in [0.3, 0.4) is 0 Å². The number of carboxylic acid groups (broad SMARTS) is 1. The van der Waals surface area contributed by atoms with Crippen LogP contribution in [0.25, 0.3) is 11.3 Å². The van der Waals surface area contributed by atoms with Gasteiger partial charge in [-0.15, -0.1) is 0 Å². The van der Waals surface area contributed by atoms with Gasteiger partial charge in [0.2, 0.25) is 5.82 Å². The number of amides is 1. The molecule has 0 aliphatic carbocycles. The number of aliphatic hydroxyl groups excluding tert-OH is 2. The van der Waals surface area contributed by atoms with Gasteiger partial charge in [0.25, 0.3) is 5.91 Å². The fourth-order valence-corrected chi connectivity index (χ4v) is 4.43. The lowest BCUT2D eigenvalue weighted by atomic mass is 10.0. The highest BCUT2D eigenvalue weighted by Gasteiger charge is 2.28. The summed E-state index contributed by atoms with van der Waals surface area (Å²) in [7, 11) is 0. The summed E-state index contributed by atoms with van der Waals surface area (Å²) < 4.78 is 1.93. The third-order valence-electron chi connectivity index (χ3n) is 6.06. The highest BCUT2D eigenvalue weighted by Crippen LogP contribution is 2.30. The topological polar surface area (TPSA) is 116 Å². The molecule has 0 bridgehead atoms. The number of nitrogens with zero attached hydrogens (tertiary/aromatic N) is 3. The van der Waals surface area contributed by atoms with Crippen LogP contribution in [0.4, 0.5) is 5.69 Å². The smallest absolute Gasteiger partial charge is 0.305 e. The molecule has 0 radical (unpaired) electrons. The number of aromatic nitrogens is 2. The lowest BCUT2D eigenvalue weighted by Crippen LogP contribution is -2.33. The lowest BCUT2D eigenvalue weighted by molar-refractivity contribution is -0.139. The number of anilines is 1. The van der Waals surface area contributed by atoms with Crippen LogP contribution in [0.5, 0.6) is 0 Å². The summed E-state index contributed by atoms with van der Waals surface area (Å²) >= 11 is 0. The number of aliphatic carboxylic acids is 1. The number of carbonyl (C=O) groups excluding carboxylic acids is 1. The van der Waals surface area contributed by atoms with Crippen molar-refractivity contribution in [2.24, 2.45) is 0 Å². The molecule has 0 spiro atoms. The van der Waals surface area contributed by atoms with E-state index in [-0.39, 0.29) is 18.4 Å². The average Bonchev–Trinajstić information content (AvgIpc) is 3.23. The quantitative estimate of drug-likeness (QED) is 0.346. The standard InChI is InChI=1S/C28H35N3O5/c1-4-30(21-13-9-6-10-14-21)28(36)27-29-26(20-11-7-5-8-12-20)24(31(27)19(2)3)16-15-22(32)17-23(33)18-25(34)35/h5-14,19,22-23,32-33H,4,15-18H2,1-3H3,(H,34,35)/t22-,23-/m1/s1. The Balaban J connectivity index is 2.00. The normalized spacial score (nSPS) is 12.9.